The smallest absolute Gasteiger partial charge is 0.417 e. The second-order valence-corrected chi connectivity index (χ2v) is 5.39. The van der Waals surface area contributed by atoms with E-state index in [0.717, 1.165) is 0 Å². The molecule has 5 nitrogen and oxygen atoms in total. The predicted octanol–water partition coefficient (Wildman–Crippen LogP) is 3.03. The summed E-state index contributed by atoms with van der Waals surface area (Å²) >= 11 is 5.68. The number of anilines is 1. The highest BCUT2D eigenvalue weighted by molar-refractivity contribution is 6.33. The van der Waals surface area contributed by atoms with Crippen LogP contribution in [0, 0.1) is 5.92 Å². The summed E-state index contributed by atoms with van der Waals surface area (Å²) < 4.78 is 42.3. The number of nitrogens with one attached hydrogen (secondary N) is 1. The van der Waals surface area contributed by atoms with Gasteiger partial charge in [-0.25, -0.2) is 4.98 Å². The fraction of sp³-hybridized carbons (Fsp3) is 0.462. The van der Waals surface area contributed by atoms with Gasteiger partial charge in [-0.1, -0.05) is 11.6 Å². The minimum atomic E-state index is -4.57. The molecule has 0 radical (unpaired) electrons. The number of aromatic nitrogens is 1. The Balaban J connectivity index is 2.02. The molecule has 2 atom stereocenters. The molecule has 1 fully saturated rings. The maximum atomic E-state index is 12.5. The van der Waals surface area contributed by atoms with Gasteiger partial charge in [-0.3, -0.25) is 9.59 Å². The normalized spacial score (nSPS) is 21.6. The van der Waals surface area contributed by atoms with E-state index in [4.69, 9.17) is 16.3 Å². The second-order valence-electron chi connectivity index (χ2n) is 4.98. The molecule has 9 heteroatoms. The highest BCUT2D eigenvalue weighted by Gasteiger charge is 2.34. The van der Waals surface area contributed by atoms with Crippen LogP contribution in [0.4, 0.5) is 19.0 Å². The van der Waals surface area contributed by atoms with Gasteiger partial charge in [0.15, 0.2) is 5.82 Å². The van der Waals surface area contributed by atoms with Gasteiger partial charge in [0.1, 0.15) is 0 Å². The molecule has 120 valence electrons. The van der Waals surface area contributed by atoms with Crippen molar-refractivity contribution in [3.05, 3.63) is 22.8 Å². The zero-order valence-electron chi connectivity index (χ0n) is 11.4. The van der Waals surface area contributed by atoms with Crippen LogP contribution in [-0.4, -0.2) is 23.0 Å². The number of hydrogen-bond donors (Lipinski definition) is 1. The summed E-state index contributed by atoms with van der Waals surface area (Å²) in [5, 5.41) is 1.97. The average molecular weight is 337 g/mol. The van der Waals surface area contributed by atoms with Crippen molar-refractivity contribution >= 4 is 29.3 Å². The Morgan fingerprint density at radius 1 is 1.55 bits per heavy atom. The molecule has 0 aliphatic carbocycles. The monoisotopic (exact) mass is 336 g/mol. The Labute approximate surface area is 128 Å². The first-order chi connectivity index (χ1) is 10.2. The molecule has 1 aliphatic heterocycles. The SMILES string of the molecule is C[C@H]1C[C@@H](CC(=O)Nc2ncc(C(F)(F)F)cc2Cl)C(=O)O1. The second kappa shape index (κ2) is 6.12. The van der Waals surface area contributed by atoms with Crippen molar-refractivity contribution in [3.8, 4) is 0 Å². The lowest BCUT2D eigenvalue weighted by molar-refractivity contribution is -0.145. The third-order valence-corrected chi connectivity index (χ3v) is 3.41. The first-order valence-corrected chi connectivity index (χ1v) is 6.77. The lowest BCUT2D eigenvalue weighted by Crippen LogP contribution is -2.20. The van der Waals surface area contributed by atoms with Gasteiger partial charge in [0.05, 0.1) is 22.6 Å². The lowest BCUT2D eigenvalue weighted by atomic mass is 10.0. The predicted molar refractivity (Wildman–Crippen MR) is 71.2 cm³/mol. The molecule has 1 N–H and O–H groups in total. The van der Waals surface area contributed by atoms with Gasteiger partial charge < -0.3 is 10.1 Å². The fourth-order valence-electron chi connectivity index (χ4n) is 2.10. The number of esters is 1. The highest BCUT2D eigenvalue weighted by atomic mass is 35.5. The summed E-state index contributed by atoms with van der Waals surface area (Å²) in [4.78, 5) is 26.7. The Bertz CT molecular complexity index is 607. The third kappa shape index (κ3) is 3.88. The molecule has 1 aromatic rings. The number of pyridine rings is 1. The molecular weight excluding hydrogens is 325 g/mol. The van der Waals surface area contributed by atoms with Crippen molar-refractivity contribution in [1.29, 1.82) is 0 Å². The van der Waals surface area contributed by atoms with Crippen LogP contribution < -0.4 is 5.32 Å². The molecule has 2 heterocycles. The van der Waals surface area contributed by atoms with Crippen LogP contribution in [0.5, 0.6) is 0 Å². The molecule has 0 aromatic carbocycles. The molecule has 1 saturated heterocycles. The molecule has 0 spiro atoms. The Morgan fingerprint density at radius 3 is 2.73 bits per heavy atom. The number of carbonyl (C=O) groups excluding carboxylic acids is 2. The van der Waals surface area contributed by atoms with Gasteiger partial charge in [0.25, 0.3) is 0 Å². The molecule has 0 saturated carbocycles. The number of ether oxygens (including phenoxy) is 1. The molecular formula is C13H12ClF3N2O3. The van der Waals surface area contributed by atoms with Crippen LogP contribution in [0.25, 0.3) is 0 Å². The number of cyclic esters (lactones) is 1. The molecule has 0 bridgehead atoms. The van der Waals surface area contributed by atoms with E-state index in [1.165, 1.54) is 0 Å². The lowest BCUT2D eigenvalue weighted by Gasteiger charge is -2.11. The van der Waals surface area contributed by atoms with E-state index in [1.807, 2.05) is 0 Å². The Kier molecular flexibility index (Phi) is 4.60. The fourth-order valence-corrected chi connectivity index (χ4v) is 2.31. The summed E-state index contributed by atoms with van der Waals surface area (Å²) in [6.07, 6.45) is -3.96. The number of alkyl halides is 3. The first kappa shape index (κ1) is 16.5. The molecule has 0 unspecified atom stereocenters. The van der Waals surface area contributed by atoms with Crippen LogP contribution in [0.15, 0.2) is 12.3 Å². The van der Waals surface area contributed by atoms with Crippen molar-refractivity contribution in [1.82, 2.24) is 4.98 Å². The van der Waals surface area contributed by atoms with Crippen molar-refractivity contribution in [2.24, 2.45) is 5.92 Å². The molecule has 1 aliphatic rings. The summed E-state index contributed by atoms with van der Waals surface area (Å²) in [6, 6.07) is 0.677. The molecule has 1 amide bonds. The van der Waals surface area contributed by atoms with E-state index >= 15 is 0 Å². The number of hydrogen-bond acceptors (Lipinski definition) is 4. The highest BCUT2D eigenvalue weighted by Crippen LogP contribution is 2.32. The summed E-state index contributed by atoms with van der Waals surface area (Å²) in [7, 11) is 0. The van der Waals surface area contributed by atoms with Crippen molar-refractivity contribution in [2.75, 3.05) is 5.32 Å². The van der Waals surface area contributed by atoms with E-state index in [-0.39, 0.29) is 23.4 Å². The van der Waals surface area contributed by atoms with Crippen molar-refractivity contribution in [2.45, 2.75) is 32.0 Å². The van der Waals surface area contributed by atoms with Crippen molar-refractivity contribution in [3.63, 3.8) is 0 Å². The van der Waals surface area contributed by atoms with Gasteiger partial charge in [0, 0.05) is 12.6 Å². The van der Waals surface area contributed by atoms with Crippen LogP contribution in [0.3, 0.4) is 0 Å². The van der Waals surface area contributed by atoms with Gasteiger partial charge in [-0.05, 0) is 19.4 Å². The number of amides is 1. The first-order valence-electron chi connectivity index (χ1n) is 6.40. The van der Waals surface area contributed by atoms with E-state index < -0.39 is 29.5 Å². The van der Waals surface area contributed by atoms with Gasteiger partial charge in [-0.2, -0.15) is 13.2 Å². The van der Waals surface area contributed by atoms with Gasteiger partial charge in [0.2, 0.25) is 5.91 Å². The van der Waals surface area contributed by atoms with E-state index in [1.54, 1.807) is 6.92 Å². The summed E-state index contributed by atoms with van der Waals surface area (Å²) in [6.45, 7) is 1.71. The van der Waals surface area contributed by atoms with Gasteiger partial charge in [-0.15, -0.1) is 0 Å². The number of rotatable bonds is 3. The maximum absolute atomic E-state index is 12.5. The topological polar surface area (TPSA) is 68.3 Å². The quantitative estimate of drug-likeness (QED) is 0.861. The van der Waals surface area contributed by atoms with Crippen molar-refractivity contribution < 1.29 is 27.5 Å². The minimum absolute atomic E-state index is 0.137. The maximum Gasteiger partial charge on any atom is 0.417 e. The van der Waals surface area contributed by atoms with E-state index in [0.29, 0.717) is 18.7 Å². The zero-order chi connectivity index (χ0) is 16.5. The van der Waals surface area contributed by atoms with E-state index in [9.17, 15) is 22.8 Å². The standard InChI is InChI=1S/C13H12ClF3N2O3/c1-6-2-7(12(21)22-6)3-10(20)19-11-9(14)4-8(5-18-11)13(15,16)17/h4-7H,2-3H2,1H3,(H,18,19,20)/t6-,7-/m0/s1. The largest absolute Gasteiger partial charge is 0.462 e. The summed E-state index contributed by atoms with van der Waals surface area (Å²) in [5.74, 6) is -1.78. The molecule has 1 aromatic heterocycles. The van der Waals surface area contributed by atoms with Crippen LogP contribution in [0.1, 0.15) is 25.3 Å². The molecule has 22 heavy (non-hydrogen) atoms. The van der Waals surface area contributed by atoms with Crippen LogP contribution >= 0.6 is 11.6 Å². The summed E-state index contributed by atoms with van der Waals surface area (Å²) in [5.41, 5.74) is -1.01. The van der Waals surface area contributed by atoms with Crippen LogP contribution in [0.2, 0.25) is 5.02 Å². The number of carbonyl (C=O) groups is 2. The minimum Gasteiger partial charge on any atom is -0.462 e. The number of halogens is 4. The zero-order valence-corrected chi connectivity index (χ0v) is 12.2. The third-order valence-electron chi connectivity index (χ3n) is 3.13. The Hall–Kier alpha value is -1.83. The molecule has 2 rings (SSSR count). The van der Waals surface area contributed by atoms with E-state index in [2.05, 4.69) is 10.3 Å². The van der Waals surface area contributed by atoms with Gasteiger partial charge >= 0.3 is 12.1 Å². The Morgan fingerprint density at radius 2 is 2.23 bits per heavy atom. The van der Waals surface area contributed by atoms with Crippen LogP contribution in [-0.2, 0) is 20.5 Å². The number of nitrogens with zero attached hydrogens (tertiary/aromatic N) is 1. The average Bonchev–Trinajstić information content (AvgIpc) is 2.69.